The molecule has 1 N–H and O–H groups in total. The number of rotatable bonds is 8. The van der Waals surface area contributed by atoms with Crippen molar-refractivity contribution >= 4 is 34.6 Å². The molecule has 0 bridgehead atoms. The molecule has 0 aliphatic carbocycles. The van der Waals surface area contributed by atoms with Gasteiger partial charge >= 0.3 is 11.7 Å². The van der Waals surface area contributed by atoms with Crippen molar-refractivity contribution in [2.24, 2.45) is 14.1 Å². The number of imidazole rings is 1. The SMILES string of the molecule is CCn1c(C)cc(C(=O)COC(=O)CCC(=O)Nc2ccc3c(n2)n(C)c(=O)n3C)c1C. The van der Waals surface area contributed by atoms with Gasteiger partial charge in [-0.2, -0.15) is 0 Å². The number of ether oxygens (including phenoxy) is 1. The smallest absolute Gasteiger partial charge is 0.329 e. The third-order valence-electron chi connectivity index (χ3n) is 5.49. The Kier molecular flexibility index (Phi) is 6.61. The number of carbonyl (C=O) groups excluding carboxylic acids is 3. The summed E-state index contributed by atoms with van der Waals surface area (Å²) in [6.07, 6.45) is -0.288. The summed E-state index contributed by atoms with van der Waals surface area (Å²) in [6.45, 7) is 6.15. The van der Waals surface area contributed by atoms with Crippen LogP contribution in [0.3, 0.4) is 0 Å². The van der Waals surface area contributed by atoms with E-state index in [1.807, 2.05) is 25.3 Å². The summed E-state index contributed by atoms with van der Waals surface area (Å²) in [6, 6.07) is 5.06. The monoisotopic (exact) mass is 441 g/mol. The summed E-state index contributed by atoms with van der Waals surface area (Å²) in [7, 11) is 3.24. The molecule has 3 rings (SSSR count). The first-order valence-electron chi connectivity index (χ1n) is 10.3. The van der Waals surface area contributed by atoms with Crippen LogP contribution in [-0.4, -0.2) is 43.0 Å². The lowest BCUT2D eigenvalue weighted by Crippen LogP contribution is -2.19. The summed E-state index contributed by atoms with van der Waals surface area (Å²) in [5, 5.41) is 2.61. The Morgan fingerprint density at radius 3 is 2.47 bits per heavy atom. The Labute approximate surface area is 184 Å². The first kappa shape index (κ1) is 23.0. The molecule has 0 unspecified atom stereocenters. The molecule has 0 fully saturated rings. The van der Waals surface area contributed by atoms with Crippen molar-refractivity contribution in [3.63, 3.8) is 0 Å². The van der Waals surface area contributed by atoms with E-state index >= 15 is 0 Å². The van der Waals surface area contributed by atoms with Crippen LogP contribution >= 0.6 is 0 Å². The number of amides is 1. The number of nitrogens with one attached hydrogen (secondary N) is 1. The highest BCUT2D eigenvalue weighted by atomic mass is 16.5. The lowest BCUT2D eigenvalue weighted by atomic mass is 10.1. The minimum atomic E-state index is -0.633. The quantitative estimate of drug-likeness (QED) is 0.421. The lowest BCUT2D eigenvalue weighted by molar-refractivity contribution is -0.143. The van der Waals surface area contributed by atoms with Gasteiger partial charge < -0.3 is 14.6 Å². The van der Waals surface area contributed by atoms with E-state index < -0.39 is 11.9 Å². The van der Waals surface area contributed by atoms with Gasteiger partial charge in [0.25, 0.3) is 0 Å². The highest BCUT2D eigenvalue weighted by Gasteiger charge is 2.17. The van der Waals surface area contributed by atoms with Crippen LogP contribution in [0.1, 0.15) is 41.5 Å². The van der Waals surface area contributed by atoms with Crippen molar-refractivity contribution in [2.75, 3.05) is 11.9 Å². The van der Waals surface area contributed by atoms with Crippen LogP contribution in [0.25, 0.3) is 11.2 Å². The molecule has 10 nitrogen and oxygen atoms in total. The Morgan fingerprint density at radius 2 is 1.81 bits per heavy atom. The molecule has 32 heavy (non-hydrogen) atoms. The molecule has 3 heterocycles. The standard InChI is InChI=1S/C22H27N5O5/c1-6-27-13(2)11-15(14(27)3)17(28)12-32-20(30)10-9-19(29)23-18-8-7-16-21(24-18)26(5)22(31)25(16)4/h7-8,11H,6,9-10,12H2,1-5H3,(H,23,24,29). The van der Waals surface area contributed by atoms with Crippen LogP contribution in [0.15, 0.2) is 23.0 Å². The molecule has 0 aliphatic heterocycles. The van der Waals surface area contributed by atoms with Crippen molar-refractivity contribution in [3.05, 3.63) is 45.6 Å². The zero-order valence-corrected chi connectivity index (χ0v) is 18.9. The largest absolute Gasteiger partial charge is 0.457 e. The molecule has 170 valence electrons. The number of fused-ring (bicyclic) bond motifs is 1. The first-order chi connectivity index (χ1) is 15.1. The number of pyridine rings is 1. The van der Waals surface area contributed by atoms with E-state index in [2.05, 4.69) is 10.3 Å². The number of hydrogen-bond acceptors (Lipinski definition) is 6. The maximum atomic E-state index is 12.4. The predicted molar refractivity (Wildman–Crippen MR) is 119 cm³/mol. The van der Waals surface area contributed by atoms with E-state index in [9.17, 15) is 19.2 Å². The van der Waals surface area contributed by atoms with Crippen LogP contribution in [0.5, 0.6) is 0 Å². The number of nitrogens with zero attached hydrogens (tertiary/aromatic N) is 4. The predicted octanol–water partition coefficient (Wildman–Crippen LogP) is 1.86. The van der Waals surface area contributed by atoms with Crippen molar-refractivity contribution in [2.45, 2.75) is 40.2 Å². The van der Waals surface area contributed by atoms with Gasteiger partial charge in [-0.25, -0.2) is 9.78 Å². The third-order valence-corrected chi connectivity index (χ3v) is 5.49. The summed E-state index contributed by atoms with van der Waals surface area (Å²) in [4.78, 5) is 52.8. The van der Waals surface area contributed by atoms with E-state index in [4.69, 9.17) is 4.74 Å². The van der Waals surface area contributed by atoms with Crippen LogP contribution in [0.2, 0.25) is 0 Å². The Morgan fingerprint density at radius 1 is 1.09 bits per heavy atom. The van der Waals surface area contributed by atoms with Crippen molar-refractivity contribution < 1.29 is 19.1 Å². The maximum absolute atomic E-state index is 12.4. The number of Topliss-reactive ketones (excluding diaryl/α,β-unsaturated/α-hetero) is 1. The minimum Gasteiger partial charge on any atom is -0.457 e. The number of aryl methyl sites for hydroxylation is 3. The molecule has 10 heteroatoms. The van der Waals surface area contributed by atoms with Gasteiger partial charge in [0.15, 0.2) is 12.3 Å². The fourth-order valence-electron chi connectivity index (χ4n) is 3.72. The third kappa shape index (κ3) is 4.48. The Hall–Kier alpha value is -3.69. The molecule has 0 atom stereocenters. The zero-order chi connectivity index (χ0) is 23.6. The van der Waals surface area contributed by atoms with Gasteiger partial charge in [0.2, 0.25) is 11.7 Å². The fraction of sp³-hybridized carbons (Fsp3) is 0.409. The molecule has 0 saturated carbocycles. The molecule has 0 aromatic carbocycles. The van der Waals surface area contributed by atoms with E-state index in [0.717, 1.165) is 17.9 Å². The first-order valence-corrected chi connectivity index (χ1v) is 10.3. The van der Waals surface area contributed by atoms with Crippen LogP contribution in [0.4, 0.5) is 5.82 Å². The van der Waals surface area contributed by atoms with Crippen molar-refractivity contribution in [1.82, 2.24) is 18.7 Å². The average Bonchev–Trinajstić information content (AvgIpc) is 3.17. The van der Waals surface area contributed by atoms with E-state index in [-0.39, 0.29) is 36.7 Å². The summed E-state index contributed by atoms with van der Waals surface area (Å²) in [5.41, 5.74) is 3.21. The topological polar surface area (TPSA) is 117 Å². The second kappa shape index (κ2) is 9.21. The van der Waals surface area contributed by atoms with Crippen LogP contribution < -0.4 is 11.0 Å². The maximum Gasteiger partial charge on any atom is 0.329 e. The van der Waals surface area contributed by atoms with Gasteiger partial charge in [-0.05, 0) is 39.0 Å². The van der Waals surface area contributed by atoms with E-state index in [1.54, 1.807) is 32.3 Å². The van der Waals surface area contributed by atoms with E-state index in [0.29, 0.717) is 16.7 Å². The number of carbonyl (C=O) groups is 3. The molecular formula is C22H27N5O5. The summed E-state index contributed by atoms with van der Waals surface area (Å²) < 4.78 is 9.91. The van der Waals surface area contributed by atoms with Gasteiger partial charge in [-0.15, -0.1) is 0 Å². The average molecular weight is 441 g/mol. The van der Waals surface area contributed by atoms with Crippen molar-refractivity contribution in [3.8, 4) is 0 Å². The Balaban J connectivity index is 1.51. The highest BCUT2D eigenvalue weighted by Crippen LogP contribution is 2.16. The van der Waals surface area contributed by atoms with Gasteiger partial charge in [0.05, 0.1) is 11.9 Å². The molecular weight excluding hydrogens is 414 g/mol. The second-order valence-electron chi connectivity index (χ2n) is 7.60. The van der Waals surface area contributed by atoms with Gasteiger partial charge in [-0.3, -0.25) is 23.5 Å². The lowest BCUT2D eigenvalue weighted by Gasteiger charge is -2.07. The van der Waals surface area contributed by atoms with Gasteiger partial charge in [-0.1, -0.05) is 0 Å². The second-order valence-corrected chi connectivity index (χ2v) is 7.60. The fourth-order valence-corrected chi connectivity index (χ4v) is 3.72. The van der Waals surface area contributed by atoms with Gasteiger partial charge in [0.1, 0.15) is 5.82 Å². The zero-order valence-electron chi connectivity index (χ0n) is 18.9. The summed E-state index contributed by atoms with van der Waals surface area (Å²) in [5.74, 6) is -1.06. The number of hydrogen-bond donors (Lipinski definition) is 1. The van der Waals surface area contributed by atoms with Crippen LogP contribution in [-0.2, 0) is 35.0 Å². The molecule has 1 amide bonds. The van der Waals surface area contributed by atoms with Crippen LogP contribution in [0, 0.1) is 13.8 Å². The molecule has 0 radical (unpaired) electrons. The molecule has 3 aromatic heterocycles. The molecule has 0 aliphatic rings. The number of esters is 1. The van der Waals surface area contributed by atoms with Gasteiger partial charge in [0, 0.05) is 44.0 Å². The normalized spacial score (nSPS) is 11.0. The number of aromatic nitrogens is 4. The number of ketones is 1. The molecule has 0 spiro atoms. The number of anilines is 1. The summed E-state index contributed by atoms with van der Waals surface area (Å²) >= 11 is 0. The Bertz CT molecular complexity index is 1260. The molecule has 3 aromatic rings. The highest BCUT2D eigenvalue weighted by molar-refractivity contribution is 5.99. The molecule has 0 saturated heterocycles. The minimum absolute atomic E-state index is 0.120. The van der Waals surface area contributed by atoms with E-state index in [1.165, 1.54) is 9.13 Å². The van der Waals surface area contributed by atoms with Crippen molar-refractivity contribution in [1.29, 1.82) is 0 Å².